The number of aliphatic hydroxyl groups excluding tert-OH is 2. The highest BCUT2D eigenvalue weighted by molar-refractivity contribution is 5.84. The number of rotatable bonds is 5. The van der Waals surface area contributed by atoms with Crippen molar-refractivity contribution in [3.05, 3.63) is 24.9 Å². The summed E-state index contributed by atoms with van der Waals surface area (Å²) >= 11 is 0. The molecule has 0 aliphatic heterocycles. The summed E-state index contributed by atoms with van der Waals surface area (Å²) in [5, 5.41) is 40.1. The van der Waals surface area contributed by atoms with Crippen LogP contribution in [0.3, 0.4) is 0 Å². The van der Waals surface area contributed by atoms with E-state index in [-0.39, 0.29) is 23.7 Å². The van der Waals surface area contributed by atoms with Crippen LogP contribution in [0.1, 0.15) is 12.5 Å². The lowest BCUT2D eigenvalue weighted by Gasteiger charge is -2.36. The van der Waals surface area contributed by atoms with Gasteiger partial charge in [0.05, 0.1) is 36.8 Å². The van der Waals surface area contributed by atoms with Crippen LogP contribution < -0.4 is 10.6 Å². The zero-order chi connectivity index (χ0) is 24.4. The Bertz CT molecular complexity index is 1430. The molecule has 4 N–H and O–H groups in total. The molecule has 4 heterocycles. The maximum absolute atomic E-state index is 12.3. The van der Waals surface area contributed by atoms with E-state index in [9.17, 15) is 15.0 Å². The number of fused-ring (bicyclic) bond motifs is 2. The number of aromatic nitrogens is 9. The van der Waals surface area contributed by atoms with Crippen LogP contribution in [0, 0.1) is 17.8 Å². The molecule has 2 fully saturated rings. The van der Waals surface area contributed by atoms with Crippen molar-refractivity contribution in [3.8, 4) is 17.2 Å². The quantitative estimate of drug-likeness (QED) is 0.281. The minimum Gasteiger partial charge on any atom is -0.390 e. The summed E-state index contributed by atoms with van der Waals surface area (Å²) in [6.45, 7) is 0. The minimum absolute atomic E-state index is 0.0155. The molecule has 6 atom stereocenters. The van der Waals surface area contributed by atoms with Crippen molar-refractivity contribution >= 4 is 22.9 Å². The molecule has 182 valence electrons. The number of carbonyl (C=O) groups is 1. The topological polar surface area (TPSA) is 174 Å². The fourth-order valence-electron chi connectivity index (χ4n) is 5.30. The zero-order valence-electron chi connectivity index (χ0n) is 19.3. The lowest BCUT2D eigenvalue weighted by molar-refractivity contribution is -0.139. The Morgan fingerprint density at radius 2 is 1.97 bits per heavy atom. The molecule has 2 aliphatic carbocycles. The third-order valence-corrected chi connectivity index (χ3v) is 7.07. The summed E-state index contributed by atoms with van der Waals surface area (Å²) in [6.07, 6.45) is 5.22. The Kier molecular flexibility index (Phi) is 4.82. The van der Waals surface area contributed by atoms with Crippen molar-refractivity contribution in [1.29, 1.82) is 0 Å². The van der Waals surface area contributed by atoms with E-state index in [1.165, 1.54) is 11.7 Å². The molecule has 0 saturated heterocycles. The van der Waals surface area contributed by atoms with Gasteiger partial charge in [0.25, 0.3) is 5.95 Å². The van der Waals surface area contributed by atoms with Crippen LogP contribution in [-0.4, -0.2) is 86.7 Å². The highest BCUT2D eigenvalue weighted by Crippen LogP contribution is 2.58. The molecule has 4 aromatic rings. The van der Waals surface area contributed by atoms with E-state index in [1.54, 1.807) is 35.0 Å². The number of aliphatic hydroxyl groups is 2. The van der Waals surface area contributed by atoms with E-state index >= 15 is 0 Å². The van der Waals surface area contributed by atoms with Crippen molar-refractivity contribution in [2.75, 3.05) is 19.4 Å². The van der Waals surface area contributed by atoms with E-state index < -0.39 is 24.2 Å². The predicted octanol–water partition coefficient (Wildman–Crippen LogP) is -0.876. The molecule has 6 rings (SSSR count). The van der Waals surface area contributed by atoms with Crippen LogP contribution >= 0.6 is 0 Å². The number of nitrogens with one attached hydrogen (secondary N) is 2. The fraction of sp³-hybridized carbons (Fsp3) is 0.476. The van der Waals surface area contributed by atoms with E-state index in [1.807, 2.05) is 13.2 Å². The van der Waals surface area contributed by atoms with Crippen molar-refractivity contribution in [2.24, 2.45) is 24.8 Å². The van der Waals surface area contributed by atoms with E-state index in [2.05, 4.69) is 36.0 Å². The van der Waals surface area contributed by atoms with Gasteiger partial charge in [0.15, 0.2) is 17.0 Å². The number of amides is 1. The van der Waals surface area contributed by atoms with Gasteiger partial charge >= 0.3 is 0 Å². The number of hydrogen-bond acceptors (Lipinski definition) is 10. The second-order valence-corrected chi connectivity index (χ2v) is 9.07. The first-order valence-electron chi connectivity index (χ1n) is 11.3. The Morgan fingerprint density at radius 3 is 2.69 bits per heavy atom. The van der Waals surface area contributed by atoms with Crippen LogP contribution in [0.5, 0.6) is 0 Å². The second kappa shape index (κ2) is 7.81. The average molecular weight is 480 g/mol. The Hall–Kier alpha value is -3.91. The Balaban J connectivity index is 1.40. The lowest BCUT2D eigenvalue weighted by Crippen LogP contribution is -2.50. The smallest absolute Gasteiger partial charge is 0.256 e. The highest BCUT2D eigenvalue weighted by atomic mass is 16.3. The van der Waals surface area contributed by atoms with Crippen LogP contribution in [0.15, 0.2) is 24.9 Å². The molecule has 14 nitrogen and oxygen atoms in total. The monoisotopic (exact) mass is 479 g/mol. The summed E-state index contributed by atoms with van der Waals surface area (Å²) < 4.78 is 4.92. The highest BCUT2D eigenvalue weighted by Gasteiger charge is 2.61. The molecule has 4 aromatic heterocycles. The van der Waals surface area contributed by atoms with Gasteiger partial charge in [0.2, 0.25) is 5.91 Å². The summed E-state index contributed by atoms with van der Waals surface area (Å²) in [6, 6.07) is -0.477. The van der Waals surface area contributed by atoms with Gasteiger partial charge in [-0.2, -0.15) is 19.7 Å². The summed E-state index contributed by atoms with van der Waals surface area (Å²) in [7, 11) is 5.09. The molecule has 35 heavy (non-hydrogen) atoms. The summed E-state index contributed by atoms with van der Waals surface area (Å²) in [5.74, 6) is -0.122. The summed E-state index contributed by atoms with van der Waals surface area (Å²) in [4.78, 5) is 26.0. The number of imidazole rings is 1. The van der Waals surface area contributed by atoms with Crippen LogP contribution in [0.25, 0.3) is 28.4 Å². The molecule has 2 saturated carbocycles. The van der Waals surface area contributed by atoms with Crippen molar-refractivity contribution in [3.63, 3.8) is 0 Å². The van der Waals surface area contributed by atoms with Gasteiger partial charge in [-0.1, -0.05) is 5.21 Å². The third-order valence-electron chi connectivity index (χ3n) is 7.07. The molecular weight excluding hydrogens is 454 g/mol. The molecule has 14 heteroatoms. The van der Waals surface area contributed by atoms with E-state index in [0.29, 0.717) is 22.7 Å². The van der Waals surface area contributed by atoms with Crippen LogP contribution in [-0.2, 0) is 11.8 Å². The molecule has 0 radical (unpaired) electrons. The van der Waals surface area contributed by atoms with E-state index in [4.69, 9.17) is 4.98 Å². The largest absolute Gasteiger partial charge is 0.390 e. The van der Waals surface area contributed by atoms with E-state index in [0.717, 1.165) is 12.0 Å². The van der Waals surface area contributed by atoms with Gasteiger partial charge in [-0.15, -0.1) is 5.10 Å². The van der Waals surface area contributed by atoms with Crippen LogP contribution in [0.2, 0.25) is 0 Å². The SMILES string of the molecule is CNC(=O)[C@@H]1[C@@H](O)[C@@H](O)[C@H](n2cnc3c(NC)nc(-n4cc(-c5cnn(C)c5)nn4)nc32)C2C[C@H]21. The number of nitrogens with zero attached hydrogens (tertiary/aromatic N) is 9. The third kappa shape index (κ3) is 3.28. The zero-order valence-corrected chi connectivity index (χ0v) is 19.3. The van der Waals surface area contributed by atoms with Gasteiger partial charge in [-0.3, -0.25) is 9.48 Å². The molecule has 0 bridgehead atoms. The maximum Gasteiger partial charge on any atom is 0.256 e. The van der Waals surface area contributed by atoms with Crippen LogP contribution in [0.4, 0.5) is 5.82 Å². The number of hydrogen-bond donors (Lipinski definition) is 4. The predicted molar refractivity (Wildman–Crippen MR) is 122 cm³/mol. The average Bonchev–Trinajstić information content (AvgIpc) is 3.22. The molecule has 1 unspecified atom stereocenters. The molecule has 1 amide bonds. The first-order valence-corrected chi connectivity index (χ1v) is 11.3. The Morgan fingerprint density at radius 1 is 1.14 bits per heavy atom. The minimum atomic E-state index is -1.19. The Labute approximate surface area is 199 Å². The van der Waals surface area contributed by atoms with Gasteiger partial charge in [-0.05, 0) is 18.3 Å². The second-order valence-electron chi connectivity index (χ2n) is 9.07. The lowest BCUT2D eigenvalue weighted by atomic mass is 9.80. The van der Waals surface area contributed by atoms with Crippen molar-refractivity contribution in [1.82, 2.24) is 49.6 Å². The van der Waals surface area contributed by atoms with Gasteiger partial charge in [0.1, 0.15) is 11.8 Å². The molecule has 0 aromatic carbocycles. The molecule has 0 spiro atoms. The molecular formula is C21H25N11O3. The summed E-state index contributed by atoms with van der Waals surface area (Å²) in [5.41, 5.74) is 2.44. The molecule has 2 aliphatic rings. The number of carbonyl (C=O) groups excluding carboxylic acids is 1. The van der Waals surface area contributed by atoms with Gasteiger partial charge in [0, 0.05) is 32.9 Å². The first kappa shape index (κ1) is 21.6. The van der Waals surface area contributed by atoms with Crippen molar-refractivity contribution < 1.29 is 15.0 Å². The standard InChI is InChI=1S/C21H25N11O3/c1-22-18-14-19(27-21(26-18)32-7-12(28-29-32)9-5-25-30(3)6-9)31(8-24-14)15-11-4-10(11)13(20(35)23-2)16(33)17(15)34/h5-8,10-11,13,15-17,33-34H,4H2,1-3H3,(H,23,35)(H,22,26,27)/t10-,11?,13+,15-,16-,17+/m1/s1. The fourth-order valence-corrected chi connectivity index (χ4v) is 5.30. The number of anilines is 1. The van der Waals surface area contributed by atoms with Gasteiger partial charge in [-0.25, -0.2) is 4.98 Å². The number of aryl methyl sites for hydroxylation is 1. The first-order chi connectivity index (χ1) is 16.9. The maximum atomic E-state index is 12.3. The normalized spacial score (nSPS) is 27.6. The van der Waals surface area contributed by atoms with Gasteiger partial charge < -0.3 is 25.4 Å². The van der Waals surface area contributed by atoms with Crippen molar-refractivity contribution in [2.45, 2.75) is 24.7 Å².